The number of unbranched alkanes of at least 4 members (excludes halogenated alkanes) is 3. The molecule has 2 rings (SSSR count). The first-order valence-corrected chi connectivity index (χ1v) is 14.1. The molecular weight excluding hydrogens is 354 g/mol. The molecule has 0 fully saturated rings. The summed E-state index contributed by atoms with van der Waals surface area (Å²) in [7, 11) is -1.61. The van der Waals surface area contributed by atoms with Crippen molar-refractivity contribution in [3.05, 3.63) is 35.9 Å². The number of benzene rings is 1. The molecule has 4 heteroatoms. The van der Waals surface area contributed by atoms with Gasteiger partial charge in [0.25, 0.3) is 0 Å². The quantitative estimate of drug-likeness (QED) is 0.341. The molecule has 0 saturated carbocycles. The molecular formula is C22H37NOSSi. The molecule has 1 unspecified atom stereocenters. The van der Waals surface area contributed by atoms with Gasteiger partial charge in [0, 0.05) is 11.3 Å². The Balaban J connectivity index is 1.99. The summed E-state index contributed by atoms with van der Waals surface area (Å²) in [5.74, 6) is 1.07. The van der Waals surface area contributed by atoms with Crippen molar-refractivity contribution >= 4 is 25.1 Å². The van der Waals surface area contributed by atoms with Gasteiger partial charge >= 0.3 is 0 Å². The van der Waals surface area contributed by atoms with E-state index in [2.05, 4.69) is 51.1 Å². The highest BCUT2D eigenvalue weighted by molar-refractivity contribution is 8.14. The standard InChI is InChI=1S/C22H37NOSSi/c1-4-7-15-26(16-8-5-2,17-9-6-3)24-18-21-19-25-22(23-21)20-13-11-10-12-14-20/h10-14,21H,4-9,15-19H2,1-3H3. The van der Waals surface area contributed by atoms with Gasteiger partial charge in [-0.2, -0.15) is 0 Å². The highest BCUT2D eigenvalue weighted by Gasteiger charge is 2.34. The fraction of sp³-hybridized carbons (Fsp3) is 0.682. The van der Waals surface area contributed by atoms with E-state index in [0.29, 0.717) is 6.04 Å². The molecule has 146 valence electrons. The molecule has 1 aliphatic heterocycles. The molecule has 0 amide bonds. The second-order valence-corrected chi connectivity index (χ2v) is 12.7. The van der Waals surface area contributed by atoms with E-state index in [0.717, 1.165) is 12.4 Å². The number of nitrogens with zero attached hydrogens (tertiary/aromatic N) is 1. The van der Waals surface area contributed by atoms with Crippen LogP contribution in [0.2, 0.25) is 18.1 Å². The van der Waals surface area contributed by atoms with Crippen LogP contribution in [0.25, 0.3) is 0 Å². The summed E-state index contributed by atoms with van der Waals surface area (Å²) in [5.41, 5.74) is 1.26. The van der Waals surface area contributed by atoms with Crippen molar-refractivity contribution in [2.24, 2.45) is 4.99 Å². The largest absolute Gasteiger partial charge is 0.415 e. The van der Waals surface area contributed by atoms with Gasteiger partial charge in [-0.1, -0.05) is 89.6 Å². The van der Waals surface area contributed by atoms with Crippen LogP contribution in [-0.2, 0) is 4.43 Å². The van der Waals surface area contributed by atoms with Crippen molar-refractivity contribution in [2.45, 2.75) is 83.5 Å². The molecule has 0 saturated heterocycles. The molecule has 2 nitrogen and oxygen atoms in total. The predicted molar refractivity (Wildman–Crippen MR) is 120 cm³/mol. The molecule has 1 aromatic carbocycles. The summed E-state index contributed by atoms with van der Waals surface area (Å²) in [6, 6.07) is 15.0. The van der Waals surface area contributed by atoms with E-state index in [4.69, 9.17) is 9.42 Å². The molecule has 0 spiro atoms. The number of rotatable bonds is 13. The Bertz CT molecular complexity index is 512. The molecule has 1 aliphatic rings. The van der Waals surface area contributed by atoms with E-state index in [1.165, 1.54) is 67.3 Å². The van der Waals surface area contributed by atoms with Gasteiger partial charge in [0.05, 0.1) is 17.7 Å². The number of hydrogen-bond donors (Lipinski definition) is 0. The monoisotopic (exact) mass is 391 g/mol. The first kappa shape index (κ1) is 21.7. The Morgan fingerprint density at radius 3 is 2.08 bits per heavy atom. The summed E-state index contributed by atoms with van der Waals surface area (Å²) < 4.78 is 6.82. The summed E-state index contributed by atoms with van der Waals surface area (Å²) >= 11 is 1.89. The third-order valence-electron chi connectivity index (χ3n) is 5.27. The van der Waals surface area contributed by atoms with Gasteiger partial charge in [0.1, 0.15) is 0 Å². The highest BCUT2D eigenvalue weighted by Crippen LogP contribution is 2.31. The maximum Gasteiger partial charge on any atom is 0.192 e. The molecule has 1 atom stereocenters. The molecule has 0 aliphatic carbocycles. The van der Waals surface area contributed by atoms with E-state index < -0.39 is 8.32 Å². The number of aliphatic imine (C=N–C) groups is 1. The molecule has 1 heterocycles. The fourth-order valence-corrected chi connectivity index (χ4v) is 9.37. The van der Waals surface area contributed by atoms with Crippen LogP contribution in [0.15, 0.2) is 35.3 Å². The SMILES string of the molecule is CCCC[Si](CCCC)(CCCC)OCC1CSC(c2ccccc2)=N1. The van der Waals surface area contributed by atoms with Gasteiger partial charge in [0.2, 0.25) is 0 Å². The van der Waals surface area contributed by atoms with Crippen LogP contribution in [-0.4, -0.2) is 31.8 Å². The molecule has 26 heavy (non-hydrogen) atoms. The average molecular weight is 392 g/mol. The van der Waals surface area contributed by atoms with Gasteiger partial charge < -0.3 is 4.43 Å². The second-order valence-electron chi connectivity index (χ2n) is 7.57. The molecule has 0 radical (unpaired) electrons. The Morgan fingerprint density at radius 1 is 0.962 bits per heavy atom. The summed E-state index contributed by atoms with van der Waals surface area (Å²) in [6.07, 6.45) is 7.84. The van der Waals surface area contributed by atoms with Crippen LogP contribution >= 0.6 is 11.8 Å². The van der Waals surface area contributed by atoms with Gasteiger partial charge in [-0.25, -0.2) is 0 Å². The first-order chi connectivity index (χ1) is 12.7. The molecule has 0 N–H and O–H groups in total. The Morgan fingerprint density at radius 2 is 1.54 bits per heavy atom. The van der Waals surface area contributed by atoms with Crippen LogP contribution in [0.4, 0.5) is 0 Å². The van der Waals surface area contributed by atoms with E-state index in [1.54, 1.807) is 0 Å². The second kappa shape index (κ2) is 12.0. The minimum atomic E-state index is -1.61. The average Bonchev–Trinajstić information content (AvgIpc) is 3.17. The van der Waals surface area contributed by atoms with Crippen LogP contribution in [0.5, 0.6) is 0 Å². The Hall–Kier alpha value is -0.583. The summed E-state index contributed by atoms with van der Waals surface area (Å²) in [6.45, 7) is 7.77. The van der Waals surface area contributed by atoms with Gasteiger partial charge in [-0.3, -0.25) is 4.99 Å². The topological polar surface area (TPSA) is 21.6 Å². The van der Waals surface area contributed by atoms with Crippen LogP contribution < -0.4 is 0 Å². The zero-order valence-electron chi connectivity index (χ0n) is 17.0. The normalized spacial score (nSPS) is 17.5. The molecule has 0 aromatic heterocycles. The van der Waals surface area contributed by atoms with Crippen molar-refractivity contribution in [1.29, 1.82) is 0 Å². The summed E-state index contributed by atoms with van der Waals surface area (Å²) in [5, 5.41) is 1.20. The third kappa shape index (κ3) is 6.86. The van der Waals surface area contributed by atoms with Crippen molar-refractivity contribution in [3.8, 4) is 0 Å². The molecule has 1 aromatic rings. The van der Waals surface area contributed by atoms with Gasteiger partial charge in [-0.05, 0) is 18.1 Å². The predicted octanol–water partition coefficient (Wildman–Crippen LogP) is 6.91. The van der Waals surface area contributed by atoms with E-state index >= 15 is 0 Å². The van der Waals surface area contributed by atoms with Crippen molar-refractivity contribution in [1.82, 2.24) is 0 Å². The van der Waals surface area contributed by atoms with Gasteiger partial charge in [0.15, 0.2) is 8.32 Å². The lowest BCUT2D eigenvalue weighted by Gasteiger charge is -2.32. The van der Waals surface area contributed by atoms with E-state index in [-0.39, 0.29) is 0 Å². The Kier molecular flexibility index (Phi) is 10.0. The van der Waals surface area contributed by atoms with Crippen molar-refractivity contribution < 1.29 is 4.43 Å². The van der Waals surface area contributed by atoms with E-state index in [1.807, 2.05) is 11.8 Å². The lowest BCUT2D eigenvalue weighted by atomic mass is 10.2. The number of thioether (sulfide) groups is 1. The first-order valence-electron chi connectivity index (χ1n) is 10.6. The van der Waals surface area contributed by atoms with Crippen molar-refractivity contribution in [2.75, 3.05) is 12.4 Å². The smallest absolute Gasteiger partial charge is 0.192 e. The maximum absolute atomic E-state index is 6.82. The minimum Gasteiger partial charge on any atom is -0.415 e. The molecule has 0 bridgehead atoms. The Labute approximate surface area is 166 Å². The third-order valence-corrected chi connectivity index (χ3v) is 11.0. The van der Waals surface area contributed by atoms with Crippen LogP contribution in [0.1, 0.15) is 64.9 Å². The maximum atomic E-state index is 6.82. The van der Waals surface area contributed by atoms with Crippen LogP contribution in [0, 0.1) is 0 Å². The lowest BCUT2D eigenvalue weighted by molar-refractivity contribution is 0.277. The van der Waals surface area contributed by atoms with Crippen LogP contribution in [0.3, 0.4) is 0 Å². The highest BCUT2D eigenvalue weighted by atomic mass is 32.2. The fourth-order valence-electron chi connectivity index (χ4n) is 3.60. The van der Waals surface area contributed by atoms with Crippen molar-refractivity contribution in [3.63, 3.8) is 0 Å². The minimum absolute atomic E-state index is 0.340. The summed E-state index contributed by atoms with van der Waals surface area (Å²) in [4.78, 5) is 4.98. The number of hydrogen-bond acceptors (Lipinski definition) is 3. The zero-order chi connectivity index (χ0) is 18.7. The van der Waals surface area contributed by atoms with Gasteiger partial charge in [-0.15, -0.1) is 11.8 Å². The zero-order valence-corrected chi connectivity index (χ0v) is 18.8. The van der Waals surface area contributed by atoms with E-state index in [9.17, 15) is 0 Å². The lowest BCUT2D eigenvalue weighted by Crippen LogP contribution is -2.40.